The molecule has 0 aromatic heterocycles. The van der Waals surface area contributed by atoms with Gasteiger partial charge in [-0.1, -0.05) is 32.9 Å². The van der Waals surface area contributed by atoms with Crippen molar-refractivity contribution in [2.75, 3.05) is 46.0 Å². The van der Waals surface area contributed by atoms with Gasteiger partial charge in [0.05, 0.1) is 0 Å². The standard InChI is InChI=1S/C18H33N3/c1-15(2)14-21(13-12-20(4)5)11-10-16(3)17-6-8-18(19)9-7-17/h6-9,15-16H,10-14,19H2,1-5H3. The summed E-state index contributed by atoms with van der Waals surface area (Å²) in [6.07, 6.45) is 1.20. The Bertz CT molecular complexity index is 384. The first kappa shape index (κ1) is 18.0. The first-order valence-corrected chi connectivity index (χ1v) is 8.11. The summed E-state index contributed by atoms with van der Waals surface area (Å²) in [5.41, 5.74) is 7.99. The van der Waals surface area contributed by atoms with Crippen LogP contribution in [0.4, 0.5) is 5.69 Å². The van der Waals surface area contributed by atoms with Crippen LogP contribution in [0.3, 0.4) is 0 Å². The maximum absolute atomic E-state index is 5.76. The lowest BCUT2D eigenvalue weighted by molar-refractivity contribution is 0.213. The van der Waals surface area contributed by atoms with E-state index < -0.39 is 0 Å². The normalized spacial score (nSPS) is 13.3. The van der Waals surface area contributed by atoms with Gasteiger partial charge in [0.25, 0.3) is 0 Å². The number of nitrogens with zero attached hydrogens (tertiary/aromatic N) is 2. The van der Waals surface area contributed by atoms with E-state index in [4.69, 9.17) is 5.73 Å². The predicted molar refractivity (Wildman–Crippen MR) is 93.7 cm³/mol. The zero-order chi connectivity index (χ0) is 15.8. The Balaban J connectivity index is 2.48. The van der Waals surface area contributed by atoms with Crippen LogP contribution in [0.5, 0.6) is 0 Å². The fraction of sp³-hybridized carbons (Fsp3) is 0.667. The van der Waals surface area contributed by atoms with Gasteiger partial charge in [0.1, 0.15) is 0 Å². The zero-order valence-corrected chi connectivity index (χ0v) is 14.5. The van der Waals surface area contributed by atoms with Crippen molar-refractivity contribution in [2.24, 2.45) is 5.92 Å². The molecule has 0 heterocycles. The maximum atomic E-state index is 5.76. The van der Waals surface area contributed by atoms with E-state index in [1.807, 2.05) is 12.1 Å². The SMILES string of the molecule is CC(C)CN(CCC(C)c1ccc(N)cc1)CCN(C)C. The monoisotopic (exact) mass is 291 g/mol. The minimum Gasteiger partial charge on any atom is -0.399 e. The van der Waals surface area contributed by atoms with Gasteiger partial charge in [-0.3, -0.25) is 0 Å². The third kappa shape index (κ3) is 7.49. The van der Waals surface area contributed by atoms with E-state index in [0.717, 1.165) is 31.2 Å². The lowest BCUT2D eigenvalue weighted by Crippen LogP contribution is -2.35. The third-order valence-corrected chi connectivity index (χ3v) is 3.87. The summed E-state index contributed by atoms with van der Waals surface area (Å²) in [5.74, 6) is 1.30. The van der Waals surface area contributed by atoms with E-state index in [1.165, 1.54) is 18.5 Å². The second-order valence-corrected chi connectivity index (χ2v) is 6.85. The summed E-state index contributed by atoms with van der Waals surface area (Å²) in [6.45, 7) is 11.5. The topological polar surface area (TPSA) is 32.5 Å². The highest BCUT2D eigenvalue weighted by atomic mass is 15.2. The van der Waals surface area contributed by atoms with Gasteiger partial charge >= 0.3 is 0 Å². The van der Waals surface area contributed by atoms with Crippen molar-refractivity contribution in [2.45, 2.75) is 33.1 Å². The molecular formula is C18H33N3. The molecule has 0 aliphatic rings. The van der Waals surface area contributed by atoms with Gasteiger partial charge in [-0.15, -0.1) is 0 Å². The second kappa shape index (κ2) is 9.06. The average molecular weight is 291 g/mol. The molecule has 0 amide bonds. The van der Waals surface area contributed by atoms with Crippen LogP contribution in [0.15, 0.2) is 24.3 Å². The molecule has 21 heavy (non-hydrogen) atoms. The molecule has 1 rings (SSSR count). The quantitative estimate of drug-likeness (QED) is 0.709. The summed E-state index contributed by atoms with van der Waals surface area (Å²) < 4.78 is 0. The molecule has 0 aliphatic carbocycles. The molecule has 1 aromatic carbocycles. The van der Waals surface area contributed by atoms with Crippen LogP contribution in [0.2, 0.25) is 0 Å². The van der Waals surface area contributed by atoms with Crippen LogP contribution in [0, 0.1) is 5.92 Å². The Morgan fingerprint density at radius 3 is 2.10 bits per heavy atom. The fourth-order valence-corrected chi connectivity index (χ4v) is 2.52. The van der Waals surface area contributed by atoms with Gasteiger partial charge in [-0.2, -0.15) is 0 Å². The van der Waals surface area contributed by atoms with Crippen molar-refractivity contribution >= 4 is 5.69 Å². The molecule has 0 aliphatic heterocycles. The molecular weight excluding hydrogens is 258 g/mol. The highest BCUT2D eigenvalue weighted by Crippen LogP contribution is 2.20. The summed E-state index contributed by atoms with van der Waals surface area (Å²) in [7, 11) is 4.29. The third-order valence-electron chi connectivity index (χ3n) is 3.87. The summed E-state index contributed by atoms with van der Waals surface area (Å²) in [6, 6.07) is 8.33. The van der Waals surface area contributed by atoms with Crippen molar-refractivity contribution in [1.29, 1.82) is 0 Å². The van der Waals surface area contributed by atoms with Crippen molar-refractivity contribution < 1.29 is 0 Å². The summed E-state index contributed by atoms with van der Waals surface area (Å²) in [4.78, 5) is 4.86. The molecule has 1 aromatic rings. The molecule has 1 unspecified atom stereocenters. The van der Waals surface area contributed by atoms with Crippen molar-refractivity contribution in [3.05, 3.63) is 29.8 Å². The maximum Gasteiger partial charge on any atom is 0.0314 e. The van der Waals surface area contributed by atoms with E-state index in [-0.39, 0.29) is 0 Å². The van der Waals surface area contributed by atoms with Crippen LogP contribution in [-0.2, 0) is 0 Å². The molecule has 120 valence electrons. The van der Waals surface area contributed by atoms with Crippen molar-refractivity contribution in [3.8, 4) is 0 Å². The van der Waals surface area contributed by atoms with Gasteiger partial charge in [-0.05, 0) is 56.6 Å². The molecule has 0 radical (unpaired) electrons. The molecule has 0 bridgehead atoms. The Kier molecular flexibility index (Phi) is 7.76. The van der Waals surface area contributed by atoms with Gasteiger partial charge in [-0.25, -0.2) is 0 Å². The molecule has 3 nitrogen and oxygen atoms in total. The van der Waals surface area contributed by atoms with E-state index in [1.54, 1.807) is 0 Å². The van der Waals surface area contributed by atoms with E-state index in [9.17, 15) is 0 Å². The molecule has 2 N–H and O–H groups in total. The van der Waals surface area contributed by atoms with Gasteiger partial charge in [0.15, 0.2) is 0 Å². The Hall–Kier alpha value is -1.06. The number of benzene rings is 1. The first-order valence-electron chi connectivity index (χ1n) is 8.11. The summed E-state index contributed by atoms with van der Waals surface area (Å²) in [5, 5.41) is 0. The number of hydrogen-bond acceptors (Lipinski definition) is 3. The van der Waals surface area contributed by atoms with Crippen LogP contribution in [0.25, 0.3) is 0 Å². The number of rotatable bonds is 9. The number of anilines is 1. The zero-order valence-electron chi connectivity index (χ0n) is 14.5. The van der Waals surface area contributed by atoms with Crippen LogP contribution >= 0.6 is 0 Å². The van der Waals surface area contributed by atoms with Crippen molar-refractivity contribution in [3.63, 3.8) is 0 Å². The predicted octanol–water partition coefficient (Wildman–Crippen LogP) is 3.28. The molecule has 0 fully saturated rings. The first-order chi connectivity index (χ1) is 9.88. The van der Waals surface area contributed by atoms with E-state index in [2.05, 4.69) is 56.8 Å². The number of hydrogen-bond donors (Lipinski definition) is 1. The smallest absolute Gasteiger partial charge is 0.0314 e. The van der Waals surface area contributed by atoms with E-state index >= 15 is 0 Å². The molecule has 3 heteroatoms. The van der Waals surface area contributed by atoms with Gasteiger partial charge in [0, 0.05) is 25.3 Å². The van der Waals surface area contributed by atoms with E-state index in [0.29, 0.717) is 5.92 Å². The summed E-state index contributed by atoms with van der Waals surface area (Å²) >= 11 is 0. The van der Waals surface area contributed by atoms with Crippen LogP contribution in [-0.4, -0.2) is 50.1 Å². The average Bonchev–Trinajstić information content (AvgIpc) is 2.41. The second-order valence-electron chi connectivity index (χ2n) is 6.85. The lowest BCUT2D eigenvalue weighted by atomic mass is 9.97. The minimum atomic E-state index is 0.583. The Labute approximate surface area is 131 Å². The van der Waals surface area contributed by atoms with Gasteiger partial charge in [0.2, 0.25) is 0 Å². The highest BCUT2D eigenvalue weighted by Gasteiger charge is 2.11. The largest absolute Gasteiger partial charge is 0.399 e. The number of likely N-dealkylation sites (N-methyl/N-ethyl adjacent to an activating group) is 1. The number of nitrogen functional groups attached to an aromatic ring is 1. The molecule has 0 saturated heterocycles. The van der Waals surface area contributed by atoms with Crippen LogP contribution in [0.1, 0.15) is 38.7 Å². The van der Waals surface area contributed by atoms with Gasteiger partial charge < -0.3 is 15.5 Å². The fourth-order valence-electron chi connectivity index (χ4n) is 2.52. The molecule has 0 spiro atoms. The Morgan fingerprint density at radius 2 is 1.57 bits per heavy atom. The highest BCUT2D eigenvalue weighted by molar-refractivity contribution is 5.40. The van der Waals surface area contributed by atoms with Crippen LogP contribution < -0.4 is 5.73 Å². The lowest BCUT2D eigenvalue weighted by Gasteiger charge is -2.27. The molecule has 1 atom stereocenters. The van der Waals surface area contributed by atoms with Crippen molar-refractivity contribution in [1.82, 2.24) is 9.80 Å². The minimum absolute atomic E-state index is 0.583. The number of nitrogens with two attached hydrogens (primary N) is 1. The Morgan fingerprint density at radius 1 is 0.952 bits per heavy atom. The molecule has 0 saturated carbocycles.